The molecule has 8 aromatic rings. The lowest BCUT2D eigenvalue weighted by Crippen LogP contribution is -2.16. The first kappa shape index (κ1) is 41.8. The number of phenolic OH excluding ortho intramolecular Hbond substituents is 9. The Hall–Kier alpha value is -8.90. The summed E-state index contributed by atoms with van der Waals surface area (Å²) in [5, 5.41) is 96.0. The number of hydrogen-bond acceptors (Lipinski definition) is 12. The van der Waals surface area contributed by atoms with Gasteiger partial charge in [0.05, 0.1) is 17.8 Å². The smallest absolute Gasteiger partial charge is 0.135 e. The summed E-state index contributed by atoms with van der Waals surface area (Å²) in [4.78, 5) is 0. The van der Waals surface area contributed by atoms with Crippen molar-refractivity contribution in [1.82, 2.24) is 0 Å². The molecule has 0 aliphatic carbocycles. The molecule has 338 valence electrons. The van der Waals surface area contributed by atoms with Crippen LogP contribution in [0.25, 0.3) is 12.2 Å². The van der Waals surface area contributed by atoms with Crippen LogP contribution in [0.5, 0.6) is 69.0 Å². The number of aromatic hydroxyl groups is 9. The molecule has 8 aromatic carbocycles. The Kier molecular flexibility index (Phi) is 9.96. The lowest BCUT2D eigenvalue weighted by Gasteiger charge is -2.26. The lowest BCUT2D eigenvalue weighted by atomic mass is 9.76. The fraction of sp³-hybridized carbons (Fsp3) is 0.107. The number of benzene rings is 8. The van der Waals surface area contributed by atoms with E-state index in [2.05, 4.69) is 0 Å². The van der Waals surface area contributed by atoms with Crippen LogP contribution in [-0.4, -0.2) is 46.0 Å². The third-order valence-corrected chi connectivity index (χ3v) is 13.0. The van der Waals surface area contributed by atoms with E-state index in [1.54, 1.807) is 109 Å². The lowest BCUT2D eigenvalue weighted by molar-refractivity contribution is 0.220. The van der Waals surface area contributed by atoms with Gasteiger partial charge in [0.15, 0.2) is 0 Å². The van der Waals surface area contributed by atoms with Crippen LogP contribution in [0.15, 0.2) is 152 Å². The van der Waals surface area contributed by atoms with Crippen molar-refractivity contribution in [3.05, 3.63) is 213 Å². The fourth-order valence-electron chi connectivity index (χ4n) is 10.2. The molecule has 3 heterocycles. The second-order valence-corrected chi connectivity index (χ2v) is 17.4. The Labute approximate surface area is 389 Å². The van der Waals surface area contributed by atoms with Gasteiger partial charge in [0.2, 0.25) is 0 Å². The van der Waals surface area contributed by atoms with Gasteiger partial charge >= 0.3 is 0 Å². The highest BCUT2D eigenvalue weighted by molar-refractivity contribution is 5.76. The van der Waals surface area contributed by atoms with E-state index < -0.39 is 36.1 Å². The van der Waals surface area contributed by atoms with E-state index >= 15 is 0 Å². The molecule has 3 aliphatic rings. The average molecular weight is 907 g/mol. The summed E-state index contributed by atoms with van der Waals surface area (Å²) in [6, 6.07) is 40.7. The highest BCUT2D eigenvalue weighted by Gasteiger charge is 2.46. The van der Waals surface area contributed by atoms with Crippen molar-refractivity contribution in [2.75, 3.05) is 0 Å². The highest BCUT2D eigenvalue weighted by Crippen LogP contribution is 2.59. The first-order valence-electron chi connectivity index (χ1n) is 21.8. The Morgan fingerprint density at radius 3 is 1.21 bits per heavy atom. The number of rotatable bonds is 8. The monoisotopic (exact) mass is 906 g/mol. The standard InChI is InChI=1S/C56H42O12/c57-35-10-4-29(5-11-35)54-50(33-19-38(60)23-39(61)20-33)49-32(18-42(64)26-47(49)67-54)3-1-28-2-16-46-44(17-28)52(56(66-46)31-8-14-37(59)15-9-31)45-25-43(65)27-48-53(45)51(34-21-40(62)24-41(63)22-34)55(68-48)30-6-12-36(58)13-7-30/h1-27,50-52,54-65H/b3-1+. The molecule has 11 rings (SSSR count). The van der Waals surface area contributed by atoms with E-state index in [1.807, 2.05) is 30.4 Å². The molecule has 0 bridgehead atoms. The summed E-state index contributed by atoms with van der Waals surface area (Å²) < 4.78 is 20.0. The number of fused-ring (bicyclic) bond motifs is 3. The van der Waals surface area contributed by atoms with Gasteiger partial charge in [-0.25, -0.2) is 0 Å². The Bertz CT molecular complexity index is 3250. The SMILES string of the molecule is Oc1ccc(C2Oc3ccc(/C=C/c4cc(O)cc5c4C(c4cc(O)cc(O)c4)C(c4ccc(O)cc4)O5)cc3C2c2cc(O)cc3c2C(c2cc(O)cc(O)c2)C(c2ccc(O)cc2)O3)cc1. The molecule has 3 aliphatic heterocycles. The van der Waals surface area contributed by atoms with Crippen molar-refractivity contribution < 1.29 is 60.2 Å². The van der Waals surface area contributed by atoms with Gasteiger partial charge in [-0.1, -0.05) is 54.6 Å². The summed E-state index contributed by atoms with van der Waals surface area (Å²) >= 11 is 0. The Morgan fingerprint density at radius 1 is 0.294 bits per heavy atom. The molecule has 0 amide bonds. The van der Waals surface area contributed by atoms with Gasteiger partial charge in [-0.2, -0.15) is 0 Å². The summed E-state index contributed by atoms with van der Waals surface area (Å²) in [7, 11) is 0. The topological polar surface area (TPSA) is 210 Å². The third-order valence-electron chi connectivity index (χ3n) is 13.0. The summed E-state index contributed by atoms with van der Waals surface area (Å²) in [6.07, 6.45) is 1.69. The third kappa shape index (κ3) is 7.47. The molecule has 68 heavy (non-hydrogen) atoms. The Morgan fingerprint density at radius 2 is 0.706 bits per heavy atom. The second kappa shape index (κ2) is 16.2. The minimum atomic E-state index is -0.718. The van der Waals surface area contributed by atoms with Crippen molar-refractivity contribution in [3.8, 4) is 69.0 Å². The first-order valence-corrected chi connectivity index (χ1v) is 21.8. The van der Waals surface area contributed by atoms with E-state index in [1.165, 1.54) is 24.3 Å². The predicted molar refractivity (Wildman–Crippen MR) is 251 cm³/mol. The van der Waals surface area contributed by atoms with Crippen molar-refractivity contribution in [1.29, 1.82) is 0 Å². The molecule has 0 saturated carbocycles. The van der Waals surface area contributed by atoms with E-state index in [0.29, 0.717) is 56.2 Å². The second-order valence-electron chi connectivity index (χ2n) is 17.4. The quantitative estimate of drug-likeness (QED) is 0.0652. The van der Waals surface area contributed by atoms with E-state index in [-0.39, 0.29) is 51.7 Å². The van der Waals surface area contributed by atoms with Crippen molar-refractivity contribution in [3.63, 3.8) is 0 Å². The maximum atomic E-state index is 11.5. The Balaban J connectivity index is 1.05. The van der Waals surface area contributed by atoms with Gasteiger partial charge in [0.1, 0.15) is 87.3 Å². The zero-order valence-corrected chi connectivity index (χ0v) is 35.8. The van der Waals surface area contributed by atoms with Gasteiger partial charge in [-0.05, 0) is 129 Å². The van der Waals surface area contributed by atoms with Crippen LogP contribution in [-0.2, 0) is 0 Å². The van der Waals surface area contributed by atoms with Crippen LogP contribution in [0.2, 0.25) is 0 Å². The van der Waals surface area contributed by atoms with Crippen LogP contribution in [0.4, 0.5) is 0 Å². The molecule has 0 spiro atoms. The van der Waals surface area contributed by atoms with Gasteiger partial charge in [0.25, 0.3) is 0 Å². The molecule has 12 nitrogen and oxygen atoms in total. The van der Waals surface area contributed by atoms with Gasteiger partial charge < -0.3 is 60.2 Å². The molecule has 9 N–H and O–H groups in total. The van der Waals surface area contributed by atoms with Crippen LogP contribution in [0.1, 0.15) is 97.3 Å². The summed E-state index contributed by atoms with van der Waals surface area (Å²) in [5.41, 5.74) is 7.38. The highest BCUT2D eigenvalue weighted by atomic mass is 16.5. The van der Waals surface area contributed by atoms with E-state index in [9.17, 15) is 46.0 Å². The summed E-state index contributed by atoms with van der Waals surface area (Å²) in [5.74, 6) is -0.981. The first-order chi connectivity index (χ1) is 32.8. The van der Waals surface area contributed by atoms with Crippen molar-refractivity contribution in [2.24, 2.45) is 0 Å². The minimum absolute atomic E-state index is 0.0494. The van der Waals surface area contributed by atoms with Gasteiger partial charge in [-0.3, -0.25) is 0 Å². The van der Waals surface area contributed by atoms with Crippen LogP contribution in [0.3, 0.4) is 0 Å². The maximum Gasteiger partial charge on any atom is 0.135 e. The van der Waals surface area contributed by atoms with E-state index in [4.69, 9.17) is 14.2 Å². The number of ether oxygens (including phenoxy) is 3. The van der Waals surface area contributed by atoms with Gasteiger partial charge in [0, 0.05) is 41.0 Å². The molecule has 0 saturated heterocycles. The van der Waals surface area contributed by atoms with Crippen molar-refractivity contribution in [2.45, 2.75) is 36.1 Å². The van der Waals surface area contributed by atoms with Crippen LogP contribution >= 0.6 is 0 Å². The maximum absolute atomic E-state index is 11.5. The molecule has 6 unspecified atom stereocenters. The molecular formula is C56H42O12. The summed E-state index contributed by atoms with van der Waals surface area (Å²) in [6.45, 7) is 0. The zero-order chi connectivity index (χ0) is 47.0. The largest absolute Gasteiger partial charge is 0.508 e. The fourth-order valence-corrected chi connectivity index (χ4v) is 10.2. The minimum Gasteiger partial charge on any atom is -0.508 e. The molecule has 6 atom stereocenters. The number of phenols is 9. The predicted octanol–water partition coefficient (Wildman–Crippen LogP) is 11.0. The molecular weight excluding hydrogens is 865 g/mol. The molecule has 0 aromatic heterocycles. The van der Waals surface area contributed by atoms with Gasteiger partial charge in [-0.15, -0.1) is 0 Å². The average Bonchev–Trinajstić information content (AvgIpc) is 4.00. The normalized spacial score (nSPS) is 20.0. The molecule has 0 fully saturated rings. The molecule has 0 radical (unpaired) electrons. The van der Waals surface area contributed by atoms with Crippen molar-refractivity contribution >= 4 is 12.2 Å². The van der Waals surface area contributed by atoms with E-state index in [0.717, 1.165) is 22.3 Å². The van der Waals surface area contributed by atoms with Crippen LogP contribution in [0, 0.1) is 0 Å². The number of hydrogen-bond donors (Lipinski definition) is 9. The molecule has 12 heteroatoms. The van der Waals surface area contributed by atoms with Crippen LogP contribution < -0.4 is 14.2 Å². The zero-order valence-electron chi connectivity index (χ0n) is 35.8.